The lowest BCUT2D eigenvalue weighted by atomic mass is 10.1. The molecule has 1 aliphatic carbocycles. The van der Waals surface area contributed by atoms with Crippen LogP contribution in [0.25, 0.3) is 0 Å². The summed E-state index contributed by atoms with van der Waals surface area (Å²) in [7, 11) is 0. The molecule has 0 amide bonds. The van der Waals surface area contributed by atoms with Crippen LogP contribution in [-0.2, 0) is 9.53 Å². The molecular formula is C11H19NO2. The van der Waals surface area contributed by atoms with E-state index in [4.69, 9.17) is 4.74 Å². The van der Waals surface area contributed by atoms with E-state index >= 15 is 0 Å². The van der Waals surface area contributed by atoms with Gasteiger partial charge in [-0.1, -0.05) is 12.8 Å². The van der Waals surface area contributed by atoms with E-state index in [2.05, 4.69) is 5.32 Å². The normalized spacial score (nSPS) is 29.0. The molecule has 0 aromatic carbocycles. The first-order valence-corrected chi connectivity index (χ1v) is 5.80. The number of hydrogen-bond acceptors (Lipinski definition) is 3. The first-order chi connectivity index (χ1) is 6.86. The minimum atomic E-state index is -0.0249. The number of rotatable bonds is 2. The van der Waals surface area contributed by atoms with Crippen molar-refractivity contribution in [3.8, 4) is 0 Å². The highest BCUT2D eigenvalue weighted by atomic mass is 16.5. The Morgan fingerprint density at radius 2 is 1.71 bits per heavy atom. The number of carbonyl (C=O) groups excluding carboxylic acids is 1. The van der Waals surface area contributed by atoms with Gasteiger partial charge in [0.25, 0.3) is 0 Å². The minimum Gasteiger partial charge on any atom is -0.461 e. The van der Waals surface area contributed by atoms with E-state index in [0.717, 1.165) is 25.8 Å². The van der Waals surface area contributed by atoms with Crippen LogP contribution in [0.15, 0.2) is 0 Å². The summed E-state index contributed by atoms with van der Waals surface area (Å²) in [6, 6.07) is -0.00162. The summed E-state index contributed by atoms with van der Waals surface area (Å²) in [6.07, 6.45) is 8.33. The Morgan fingerprint density at radius 3 is 2.21 bits per heavy atom. The van der Waals surface area contributed by atoms with Crippen molar-refractivity contribution in [3.05, 3.63) is 0 Å². The molecule has 1 atom stereocenters. The summed E-state index contributed by atoms with van der Waals surface area (Å²) in [6.45, 7) is 0.963. The number of carbonyl (C=O) groups is 1. The zero-order valence-electron chi connectivity index (χ0n) is 8.63. The fourth-order valence-corrected chi connectivity index (χ4v) is 2.10. The van der Waals surface area contributed by atoms with Crippen molar-refractivity contribution in [1.82, 2.24) is 5.32 Å². The summed E-state index contributed by atoms with van der Waals surface area (Å²) in [5.41, 5.74) is 0. The third kappa shape index (κ3) is 2.47. The lowest BCUT2D eigenvalue weighted by molar-refractivity contribution is -0.154. The standard InChI is InChI=1S/C11H19NO2/c13-11(10-7-8-12-10)14-9-5-3-1-2-4-6-9/h9-10,12H,1-8H2. The zero-order valence-corrected chi connectivity index (χ0v) is 8.63. The van der Waals surface area contributed by atoms with Crippen molar-refractivity contribution in [1.29, 1.82) is 0 Å². The van der Waals surface area contributed by atoms with Gasteiger partial charge in [0, 0.05) is 0 Å². The van der Waals surface area contributed by atoms with E-state index in [-0.39, 0.29) is 18.1 Å². The Hall–Kier alpha value is -0.570. The van der Waals surface area contributed by atoms with E-state index in [0.29, 0.717) is 0 Å². The van der Waals surface area contributed by atoms with E-state index in [1.807, 2.05) is 0 Å². The van der Waals surface area contributed by atoms with E-state index in [9.17, 15) is 4.79 Å². The average molecular weight is 197 g/mol. The second-order valence-electron chi connectivity index (χ2n) is 4.35. The molecular weight excluding hydrogens is 178 g/mol. The van der Waals surface area contributed by atoms with Crippen LogP contribution in [0, 0.1) is 0 Å². The number of hydrogen-bond donors (Lipinski definition) is 1. The molecule has 0 radical (unpaired) electrons. The highest BCUT2D eigenvalue weighted by molar-refractivity contribution is 5.76. The van der Waals surface area contributed by atoms with Crippen LogP contribution in [-0.4, -0.2) is 24.7 Å². The number of esters is 1. The quantitative estimate of drug-likeness (QED) is 0.540. The Balaban J connectivity index is 1.74. The lowest BCUT2D eigenvalue weighted by Gasteiger charge is -2.27. The van der Waals surface area contributed by atoms with Gasteiger partial charge in [0.15, 0.2) is 0 Å². The molecule has 0 spiro atoms. The van der Waals surface area contributed by atoms with Gasteiger partial charge in [-0.05, 0) is 38.6 Å². The first-order valence-electron chi connectivity index (χ1n) is 5.80. The molecule has 0 aromatic heterocycles. The van der Waals surface area contributed by atoms with Crippen molar-refractivity contribution in [3.63, 3.8) is 0 Å². The average Bonchev–Trinajstić information content (AvgIpc) is 2.29. The van der Waals surface area contributed by atoms with Gasteiger partial charge in [-0.3, -0.25) is 4.79 Å². The highest BCUT2D eigenvalue weighted by Crippen LogP contribution is 2.20. The molecule has 14 heavy (non-hydrogen) atoms. The first kappa shape index (κ1) is 9.97. The Morgan fingerprint density at radius 1 is 1.07 bits per heavy atom. The van der Waals surface area contributed by atoms with Crippen molar-refractivity contribution in [2.75, 3.05) is 6.54 Å². The number of ether oxygens (including phenoxy) is 1. The van der Waals surface area contributed by atoms with Gasteiger partial charge in [-0.2, -0.15) is 0 Å². The topological polar surface area (TPSA) is 38.3 Å². The molecule has 2 fully saturated rings. The molecule has 3 heteroatoms. The van der Waals surface area contributed by atoms with Crippen molar-refractivity contribution in [2.24, 2.45) is 0 Å². The van der Waals surface area contributed by atoms with Gasteiger partial charge in [0.1, 0.15) is 12.1 Å². The fourth-order valence-electron chi connectivity index (χ4n) is 2.10. The van der Waals surface area contributed by atoms with Gasteiger partial charge in [-0.15, -0.1) is 0 Å². The molecule has 1 saturated carbocycles. The van der Waals surface area contributed by atoms with Crippen LogP contribution in [0.5, 0.6) is 0 Å². The maximum Gasteiger partial charge on any atom is 0.323 e. The summed E-state index contributed by atoms with van der Waals surface area (Å²) in [4.78, 5) is 11.5. The fraction of sp³-hybridized carbons (Fsp3) is 0.909. The maximum absolute atomic E-state index is 11.5. The van der Waals surface area contributed by atoms with Crippen LogP contribution in [0.1, 0.15) is 44.9 Å². The molecule has 2 aliphatic rings. The summed E-state index contributed by atoms with van der Waals surface area (Å²) < 4.78 is 5.47. The molecule has 1 heterocycles. The van der Waals surface area contributed by atoms with Crippen molar-refractivity contribution in [2.45, 2.75) is 57.1 Å². The monoisotopic (exact) mass is 197 g/mol. The molecule has 1 N–H and O–H groups in total. The predicted octanol–water partition coefficient (Wildman–Crippen LogP) is 1.61. The Labute approximate surface area is 85.2 Å². The molecule has 0 aromatic rings. The molecule has 1 aliphatic heterocycles. The summed E-state index contributed by atoms with van der Waals surface area (Å²) in [5.74, 6) is -0.0249. The molecule has 3 nitrogen and oxygen atoms in total. The largest absolute Gasteiger partial charge is 0.461 e. The van der Waals surface area contributed by atoms with Crippen LogP contribution < -0.4 is 5.32 Å². The third-order valence-corrected chi connectivity index (χ3v) is 3.19. The van der Waals surface area contributed by atoms with Crippen molar-refractivity contribution < 1.29 is 9.53 Å². The SMILES string of the molecule is O=C(OC1CCCCCC1)C1CCN1. The number of nitrogens with one attached hydrogen (secondary N) is 1. The second kappa shape index (κ2) is 4.78. The Kier molecular flexibility index (Phi) is 3.40. The van der Waals surface area contributed by atoms with E-state index in [1.54, 1.807) is 0 Å². The van der Waals surface area contributed by atoms with Crippen molar-refractivity contribution >= 4 is 5.97 Å². The lowest BCUT2D eigenvalue weighted by Crippen LogP contribution is -2.50. The molecule has 1 saturated heterocycles. The second-order valence-corrected chi connectivity index (χ2v) is 4.35. The predicted molar refractivity (Wildman–Crippen MR) is 54.0 cm³/mol. The highest BCUT2D eigenvalue weighted by Gasteiger charge is 2.28. The zero-order chi connectivity index (χ0) is 9.80. The Bertz CT molecular complexity index is 193. The molecule has 2 rings (SSSR count). The van der Waals surface area contributed by atoms with E-state index < -0.39 is 0 Å². The van der Waals surface area contributed by atoms with Gasteiger partial charge in [0.2, 0.25) is 0 Å². The maximum atomic E-state index is 11.5. The van der Waals surface area contributed by atoms with Gasteiger partial charge in [0.05, 0.1) is 0 Å². The van der Waals surface area contributed by atoms with E-state index in [1.165, 1.54) is 25.7 Å². The van der Waals surface area contributed by atoms with Gasteiger partial charge < -0.3 is 10.1 Å². The molecule has 80 valence electrons. The van der Waals surface area contributed by atoms with Crippen LogP contribution in [0.2, 0.25) is 0 Å². The van der Waals surface area contributed by atoms with Gasteiger partial charge in [-0.25, -0.2) is 0 Å². The summed E-state index contributed by atoms with van der Waals surface area (Å²) in [5, 5.41) is 3.08. The smallest absolute Gasteiger partial charge is 0.323 e. The van der Waals surface area contributed by atoms with Crippen LogP contribution in [0.3, 0.4) is 0 Å². The van der Waals surface area contributed by atoms with Gasteiger partial charge >= 0.3 is 5.97 Å². The summed E-state index contributed by atoms with van der Waals surface area (Å²) >= 11 is 0. The van der Waals surface area contributed by atoms with Crippen LogP contribution in [0.4, 0.5) is 0 Å². The molecule has 0 bridgehead atoms. The van der Waals surface area contributed by atoms with Crippen LogP contribution >= 0.6 is 0 Å². The minimum absolute atomic E-state index is 0.00162. The third-order valence-electron chi connectivity index (χ3n) is 3.19. The molecule has 1 unspecified atom stereocenters.